The van der Waals surface area contributed by atoms with Crippen molar-refractivity contribution in [2.75, 3.05) is 12.0 Å². The number of thioether (sulfide) groups is 1. The lowest BCUT2D eigenvalue weighted by Gasteiger charge is -2.17. The summed E-state index contributed by atoms with van der Waals surface area (Å²) in [5, 5.41) is 3.70. The van der Waals surface area contributed by atoms with Crippen molar-refractivity contribution in [2.45, 2.75) is 30.0 Å². The summed E-state index contributed by atoms with van der Waals surface area (Å²) in [5.74, 6) is 1.06. The Balaban J connectivity index is 1.88. The van der Waals surface area contributed by atoms with Crippen LogP contribution in [0.4, 0.5) is 0 Å². The number of hydrogen-bond donors (Lipinski definition) is 1. The van der Waals surface area contributed by atoms with Crippen molar-refractivity contribution in [1.82, 2.24) is 5.32 Å². The lowest BCUT2D eigenvalue weighted by molar-refractivity contribution is -0.119. The highest BCUT2D eigenvalue weighted by Gasteiger charge is 2.14. The van der Waals surface area contributed by atoms with Gasteiger partial charge in [-0.3, -0.25) is 4.79 Å². The fourth-order valence-electron chi connectivity index (χ4n) is 2.45. The predicted molar refractivity (Wildman–Crippen MR) is 108 cm³/mol. The van der Waals surface area contributed by atoms with Crippen LogP contribution in [0, 0.1) is 0 Å². The molecule has 2 rings (SSSR count). The van der Waals surface area contributed by atoms with Gasteiger partial charge in [-0.15, -0.1) is 11.8 Å². The summed E-state index contributed by atoms with van der Waals surface area (Å²) in [7, 11) is -3.22. The Morgan fingerprint density at radius 3 is 2.27 bits per heavy atom. The van der Waals surface area contributed by atoms with E-state index in [0.717, 1.165) is 23.3 Å². The molecule has 0 spiro atoms. The minimum Gasteiger partial charge on any atom is -0.349 e. The van der Waals surface area contributed by atoms with E-state index in [1.807, 2.05) is 31.2 Å². The van der Waals surface area contributed by atoms with Crippen LogP contribution in [0.1, 0.15) is 30.5 Å². The average molecular weight is 412 g/mol. The lowest BCUT2D eigenvalue weighted by atomic mass is 10.0. The zero-order chi connectivity index (χ0) is 19.2. The fraction of sp³-hybridized carbons (Fsp3) is 0.316. The van der Waals surface area contributed by atoms with Gasteiger partial charge < -0.3 is 5.32 Å². The number of sulfone groups is 1. The lowest BCUT2D eigenvalue weighted by Crippen LogP contribution is -2.29. The van der Waals surface area contributed by atoms with E-state index in [1.54, 1.807) is 24.3 Å². The normalized spacial score (nSPS) is 12.6. The van der Waals surface area contributed by atoms with Gasteiger partial charge in [0.25, 0.3) is 0 Å². The molecule has 0 bridgehead atoms. The number of amides is 1. The Kier molecular flexibility index (Phi) is 7.55. The molecule has 2 aromatic rings. The Morgan fingerprint density at radius 1 is 1.12 bits per heavy atom. The van der Waals surface area contributed by atoms with Gasteiger partial charge in [0.15, 0.2) is 9.84 Å². The predicted octanol–water partition coefficient (Wildman–Crippen LogP) is 4.24. The molecule has 2 aromatic carbocycles. The Bertz CT molecular complexity index is 834. The molecule has 0 aliphatic rings. The van der Waals surface area contributed by atoms with Gasteiger partial charge in [0.2, 0.25) is 5.91 Å². The van der Waals surface area contributed by atoms with Gasteiger partial charge in [0.1, 0.15) is 0 Å². The summed E-state index contributed by atoms with van der Waals surface area (Å²) >= 11 is 7.40. The molecule has 4 nitrogen and oxygen atoms in total. The van der Waals surface area contributed by atoms with Crippen LogP contribution in [0.15, 0.2) is 53.4 Å². The smallest absolute Gasteiger partial charge is 0.230 e. The molecule has 0 saturated carbocycles. The number of rotatable bonds is 8. The average Bonchev–Trinajstić information content (AvgIpc) is 2.61. The van der Waals surface area contributed by atoms with Gasteiger partial charge in [0.05, 0.1) is 16.7 Å². The highest BCUT2D eigenvalue weighted by Crippen LogP contribution is 2.20. The van der Waals surface area contributed by atoms with Crippen LogP contribution in [0.2, 0.25) is 5.02 Å². The molecule has 0 heterocycles. The van der Waals surface area contributed by atoms with Crippen molar-refractivity contribution in [3.63, 3.8) is 0 Å². The zero-order valence-corrected chi connectivity index (χ0v) is 17.1. The van der Waals surface area contributed by atoms with E-state index in [4.69, 9.17) is 11.6 Å². The summed E-state index contributed by atoms with van der Waals surface area (Å²) in [6, 6.07) is 14.1. The third-order valence-corrected chi connectivity index (χ3v) is 6.25. The quantitative estimate of drug-likeness (QED) is 0.705. The maximum absolute atomic E-state index is 12.2. The molecule has 0 fully saturated rings. The van der Waals surface area contributed by atoms with E-state index in [0.29, 0.717) is 10.8 Å². The molecule has 1 amide bonds. The van der Waals surface area contributed by atoms with E-state index in [2.05, 4.69) is 5.32 Å². The third-order valence-electron chi connectivity index (χ3n) is 3.87. The molecule has 26 heavy (non-hydrogen) atoms. The van der Waals surface area contributed by atoms with Crippen molar-refractivity contribution < 1.29 is 13.2 Å². The summed E-state index contributed by atoms with van der Waals surface area (Å²) in [6.07, 6.45) is 1.91. The molecule has 1 unspecified atom stereocenters. The van der Waals surface area contributed by atoms with E-state index in [9.17, 15) is 13.2 Å². The van der Waals surface area contributed by atoms with E-state index >= 15 is 0 Å². The van der Waals surface area contributed by atoms with E-state index in [-0.39, 0.29) is 16.8 Å². The third kappa shape index (κ3) is 6.34. The van der Waals surface area contributed by atoms with Crippen LogP contribution in [0.5, 0.6) is 0 Å². The molecule has 0 aliphatic carbocycles. The number of carbonyl (C=O) groups is 1. The topological polar surface area (TPSA) is 63.2 Å². The summed E-state index contributed by atoms with van der Waals surface area (Å²) in [5.41, 5.74) is 2.02. The van der Waals surface area contributed by atoms with Crippen LogP contribution in [0.25, 0.3) is 0 Å². The standard InChI is InChI=1S/C19H22ClNO3S2/c1-3-18(15-6-10-17(11-7-15)26(2,23)24)21-19(22)13-25-12-14-4-8-16(20)9-5-14/h4-11,18H,3,12-13H2,1-2H3,(H,21,22). The first-order chi connectivity index (χ1) is 12.3. The van der Waals surface area contributed by atoms with Crippen LogP contribution < -0.4 is 5.32 Å². The number of nitrogens with one attached hydrogen (secondary N) is 1. The van der Waals surface area contributed by atoms with Gasteiger partial charge >= 0.3 is 0 Å². The molecule has 0 radical (unpaired) electrons. The van der Waals surface area contributed by atoms with Crippen LogP contribution in [0.3, 0.4) is 0 Å². The second-order valence-corrected chi connectivity index (χ2v) is 9.43. The molecule has 1 N–H and O–H groups in total. The van der Waals surface area contributed by atoms with E-state index in [1.165, 1.54) is 18.0 Å². The number of halogens is 1. The maximum Gasteiger partial charge on any atom is 0.230 e. The van der Waals surface area contributed by atoms with Crippen LogP contribution in [-0.2, 0) is 20.4 Å². The van der Waals surface area contributed by atoms with Crippen LogP contribution in [-0.4, -0.2) is 26.3 Å². The minimum absolute atomic E-state index is 0.0389. The number of benzene rings is 2. The summed E-state index contributed by atoms with van der Waals surface area (Å²) in [6.45, 7) is 1.98. The van der Waals surface area contributed by atoms with Crippen molar-refractivity contribution in [3.05, 3.63) is 64.7 Å². The molecule has 0 aromatic heterocycles. The number of carbonyl (C=O) groups excluding carboxylic acids is 1. The SMILES string of the molecule is CCC(NC(=O)CSCc1ccc(Cl)cc1)c1ccc(S(C)(=O)=O)cc1. The molecular weight excluding hydrogens is 390 g/mol. The van der Waals surface area contributed by atoms with Gasteiger partial charge in [-0.2, -0.15) is 0 Å². The fourth-order valence-corrected chi connectivity index (χ4v) is 4.00. The second kappa shape index (κ2) is 9.44. The van der Waals surface area contributed by atoms with Gasteiger partial charge in [0, 0.05) is 17.0 Å². The summed E-state index contributed by atoms with van der Waals surface area (Å²) < 4.78 is 23.1. The zero-order valence-electron chi connectivity index (χ0n) is 14.7. The number of hydrogen-bond acceptors (Lipinski definition) is 4. The first-order valence-electron chi connectivity index (χ1n) is 8.21. The molecule has 140 valence electrons. The highest BCUT2D eigenvalue weighted by atomic mass is 35.5. The first kappa shape index (κ1) is 20.8. The molecule has 0 saturated heterocycles. The summed E-state index contributed by atoms with van der Waals surface area (Å²) in [4.78, 5) is 12.5. The van der Waals surface area contributed by atoms with Crippen molar-refractivity contribution in [2.24, 2.45) is 0 Å². The molecule has 0 aliphatic heterocycles. The Labute approximate surface area is 164 Å². The van der Waals surface area contributed by atoms with Crippen molar-refractivity contribution >= 4 is 39.1 Å². The Hall–Kier alpha value is -1.50. The van der Waals surface area contributed by atoms with Gasteiger partial charge in [-0.05, 0) is 41.8 Å². The minimum atomic E-state index is -3.22. The van der Waals surface area contributed by atoms with Crippen LogP contribution >= 0.6 is 23.4 Å². The van der Waals surface area contributed by atoms with Crippen molar-refractivity contribution in [3.8, 4) is 0 Å². The largest absolute Gasteiger partial charge is 0.349 e. The van der Waals surface area contributed by atoms with Crippen molar-refractivity contribution in [1.29, 1.82) is 0 Å². The molecule has 7 heteroatoms. The first-order valence-corrected chi connectivity index (χ1v) is 11.6. The van der Waals surface area contributed by atoms with E-state index < -0.39 is 9.84 Å². The van der Waals surface area contributed by atoms with Gasteiger partial charge in [-0.25, -0.2) is 8.42 Å². The molecular formula is C19H22ClNO3S2. The second-order valence-electron chi connectivity index (χ2n) is 5.99. The van der Waals surface area contributed by atoms with Gasteiger partial charge in [-0.1, -0.05) is 42.8 Å². The maximum atomic E-state index is 12.2. The highest BCUT2D eigenvalue weighted by molar-refractivity contribution is 7.99. The Morgan fingerprint density at radius 2 is 1.73 bits per heavy atom. The molecule has 1 atom stereocenters. The monoisotopic (exact) mass is 411 g/mol.